The monoisotopic (exact) mass is 219 g/mol. The molecule has 0 saturated heterocycles. The van der Waals surface area contributed by atoms with Crippen molar-refractivity contribution in [1.29, 1.82) is 0 Å². The highest BCUT2D eigenvalue weighted by molar-refractivity contribution is 5.30. The van der Waals surface area contributed by atoms with Gasteiger partial charge in [-0.05, 0) is 0 Å². The summed E-state index contributed by atoms with van der Waals surface area (Å²) in [4.78, 5) is 4.34. The van der Waals surface area contributed by atoms with Crippen LogP contribution in [-0.4, -0.2) is 19.3 Å². The van der Waals surface area contributed by atoms with E-state index in [0.29, 0.717) is 11.6 Å². The molecule has 0 atom stereocenters. The molecule has 0 unspecified atom stereocenters. The third kappa shape index (κ3) is 2.24. The summed E-state index contributed by atoms with van der Waals surface area (Å²) in [7, 11) is 0. The van der Waals surface area contributed by atoms with E-state index in [1.807, 2.05) is 23.3 Å². The lowest BCUT2D eigenvalue weighted by Gasteiger charge is -2.10. The van der Waals surface area contributed by atoms with Crippen molar-refractivity contribution < 1.29 is 0 Å². The van der Waals surface area contributed by atoms with Crippen LogP contribution in [0.2, 0.25) is 0 Å². The molecule has 5 heteroatoms. The molecule has 0 aliphatic rings. The molecule has 2 aromatic heterocycles. The highest BCUT2D eigenvalue weighted by Gasteiger charge is 2.06. The Morgan fingerprint density at radius 1 is 1.38 bits per heavy atom. The zero-order valence-corrected chi connectivity index (χ0v) is 9.67. The van der Waals surface area contributed by atoms with Crippen molar-refractivity contribution in [3.63, 3.8) is 0 Å². The summed E-state index contributed by atoms with van der Waals surface area (Å²) >= 11 is 0. The SMILES string of the molecule is CC(C)c1nccn1CCn1cc(N)cn1. The molecule has 5 nitrogen and oxygen atoms in total. The van der Waals surface area contributed by atoms with E-state index in [9.17, 15) is 0 Å². The quantitative estimate of drug-likeness (QED) is 0.847. The zero-order valence-electron chi connectivity index (χ0n) is 9.67. The lowest BCUT2D eigenvalue weighted by molar-refractivity contribution is 0.512. The number of aromatic nitrogens is 4. The van der Waals surface area contributed by atoms with Crippen LogP contribution in [0.5, 0.6) is 0 Å². The third-order valence-electron chi connectivity index (χ3n) is 2.49. The minimum Gasteiger partial charge on any atom is -0.396 e. The number of aryl methyl sites for hydroxylation is 2. The Kier molecular flexibility index (Phi) is 2.94. The molecule has 0 saturated carbocycles. The number of nitrogens with zero attached hydrogens (tertiary/aromatic N) is 4. The molecule has 16 heavy (non-hydrogen) atoms. The molecule has 0 aliphatic carbocycles. The maximum absolute atomic E-state index is 5.60. The number of imidazole rings is 1. The highest BCUT2D eigenvalue weighted by Crippen LogP contribution is 2.11. The molecular formula is C11H17N5. The largest absolute Gasteiger partial charge is 0.396 e. The van der Waals surface area contributed by atoms with Crippen LogP contribution in [0.15, 0.2) is 24.8 Å². The number of hydrogen-bond donors (Lipinski definition) is 1. The van der Waals surface area contributed by atoms with Crippen LogP contribution in [0.1, 0.15) is 25.6 Å². The maximum atomic E-state index is 5.60. The van der Waals surface area contributed by atoms with Crippen LogP contribution in [0.25, 0.3) is 0 Å². The Bertz CT molecular complexity index is 454. The molecule has 0 fully saturated rings. The van der Waals surface area contributed by atoms with Crippen molar-refractivity contribution in [2.45, 2.75) is 32.9 Å². The van der Waals surface area contributed by atoms with E-state index in [0.717, 1.165) is 18.9 Å². The molecule has 0 aromatic carbocycles. The van der Waals surface area contributed by atoms with Gasteiger partial charge in [-0.2, -0.15) is 5.10 Å². The lowest BCUT2D eigenvalue weighted by atomic mass is 10.2. The summed E-state index contributed by atoms with van der Waals surface area (Å²) in [5.74, 6) is 1.55. The Labute approximate surface area is 94.9 Å². The predicted octanol–water partition coefficient (Wildman–Crippen LogP) is 1.49. The number of anilines is 1. The average Bonchev–Trinajstić information content (AvgIpc) is 2.83. The van der Waals surface area contributed by atoms with E-state index < -0.39 is 0 Å². The molecule has 0 amide bonds. The molecule has 86 valence electrons. The first-order chi connectivity index (χ1) is 7.66. The van der Waals surface area contributed by atoms with Crippen LogP contribution in [-0.2, 0) is 13.1 Å². The van der Waals surface area contributed by atoms with Crippen LogP contribution in [0.4, 0.5) is 5.69 Å². The standard InChI is InChI=1S/C11H17N5/c1-9(2)11-13-3-4-15(11)5-6-16-8-10(12)7-14-16/h3-4,7-9H,5-6,12H2,1-2H3. The summed E-state index contributed by atoms with van der Waals surface area (Å²) in [5.41, 5.74) is 6.31. The van der Waals surface area contributed by atoms with Gasteiger partial charge in [-0.1, -0.05) is 13.8 Å². The number of nitrogen functional groups attached to an aromatic ring is 1. The predicted molar refractivity (Wildman–Crippen MR) is 63.0 cm³/mol. The second-order valence-electron chi connectivity index (χ2n) is 4.17. The fourth-order valence-electron chi connectivity index (χ4n) is 1.72. The molecule has 0 radical (unpaired) electrons. The Hall–Kier alpha value is -1.78. The van der Waals surface area contributed by atoms with E-state index in [1.54, 1.807) is 6.20 Å². The summed E-state index contributed by atoms with van der Waals surface area (Å²) in [6.07, 6.45) is 7.35. The second-order valence-corrected chi connectivity index (χ2v) is 4.17. The minimum absolute atomic E-state index is 0.442. The van der Waals surface area contributed by atoms with Crippen LogP contribution in [0, 0.1) is 0 Å². The van der Waals surface area contributed by atoms with Gasteiger partial charge in [0.1, 0.15) is 5.82 Å². The summed E-state index contributed by atoms with van der Waals surface area (Å²) < 4.78 is 4.00. The fourth-order valence-corrected chi connectivity index (χ4v) is 1.72. The van der Waals surface area contributed by atoms with Gasteiger partial charge in [0.25, 0.3) is 0 Å². The molecule has 2 aromatic rings. The number of hydrogen-bond acceptors (Lipinski definition) is 3. The first kappa shape index (κ1) is 10.7. The van der Waals surface area contributed by atoms with E-state index in [-0.39, 0.29) is 0 Å². The minimum atomic E-state index is 0.442. The van der Waals surface area contributed by atoms with Crippen molar-refractivity contribution in [1.82, 2.24) is 19.3 Å². The molecule has 2 N–H and O–H groups in total. The van der Waals surface area contributed by atoms with Gasteiger partial charge in [0.2, 0.25) is 0 Å². The van der Waals surface area contributed by atoms with Gasteiger partial charge in [0.15, 0.2) is 0 Å². The molecule has 0 spiro atoms. The van der Waals surface area contributed by atoms with Gasteiger partial charge in [-0.3, -0.25) is 4.68 Å². The number of nitrogens with two attached hydrogens (primary N) is 1. The topological polar surface area (TPSA) is 61.7 Å². The summed E-state index contributed by atoms with van der Waals surface area (Å²) in [6.45, 7) is 5.97. The molecule has 2 heterocycles. The van der Waals surface area contributed by atoms with Gasteiger partial charge >= 0.3 is 0 Å². The highest BCUT2D eigenvalue weighted by atomic mass is 15.3. The van der Waals surface area contributed by atoms with Crippen LogP contribution < -0.4 is 5.73 Å². The van der Waals surface area contributed by atoms with Gasteiger partial charge in [-0.15, -0.1) is 0 Å². The van der Waals surface area contributed by atoms with Gasteiger partial charge < -0.3 is 10.3 Å². The summed E-state index contributed by atoms with van der Waals surface area (Å²) in [6, 6.07) is 0. The van der Waals surface area contributed by atoms with Gasteiger partial charge in [0, 0.05) is 31.1 Å². The van der Waals surface area contributed by atoms with Crippen molar-refractivity contribution in [2.75, 3.05) is 5.73 Å². The van der Waals surface area contributed by atoms with E-state index in [4.69, 9.17) is 5.73 Å². The first-order valence-electron chi connectivity index (χ1n) is 5.46. The molecule has 2 rings (SSSR count). The molecule has 0 aliphatic heterocycles. The van der Waals surface area contributed by atoms with Crippen molar-refractivity contribution >= 4 is 5.69 Å². The van der Waals surface area contributed by atoms with E-state index in [2.05, 4.69) is 28.5 Å². The van der Waals surface area contributed by atoms with Crippen LogP contribution in [0.3, 0.4) is 0 Å². The molecular weight excluding hydrogens is 202 g/mol. The average molecular weight is 219 g/mol. The maximum Gasteiger partial charge on any atom is 0.111 e. The van der Waals surface area contributed by atoms with Crippen molar-refractivity contribution in [3.05, 3.63) is 30.6 Å². The van der Waals surface area contributed by atoms with Gasteiger partial charge in [-0.25, -0.2) is 4.98 Å². The smallest absolute Gasteiger partial charge is 0.111 e. The Morgan fingerprint density at radius 2 is 2.19 bits per heavy atom. The van der Waals surface area contributed by atoms with Crippen LogP contribution >= 0.6 is 0 Å². The fraction of sp³-hybridized carbons (Fsp3) is 0.455. The molecule has 0 bridgehead atoms. The normalized spacial score (nSPS) is 11.2. The van der Waals surface area contributed by atoms with E-state index in [1.165, 1.54) is 0 Å². The van der Waals surface area contributed by atoms with E-state index >= 15 is 0 Å². The third-order valence-corrected chi connectivity index (χ3v) is 2.49. The Balaban J connectivity index is 2.02. The van der Waals surface area contributed by atoms with Crippen molar-refractivity contribution in [3.8, 4) is 0 Å². The first-order valence-corrected chi connectivity index (χ1v) is 5.46. The number of rotatable bonds is 4. The lowest BCUT2D eigenvalue weighted by Crippen LogP contribution is -2.10. The summed E-state index contributed by atoms with van der Waals surface area (Å²) in [5, 5.41) is 4.15. The Morgan fingerprint density at radius 3 is 2.81 bits per heavy atom. The second kappa shape index (κ2) is 4.38. The van der Waals surface area contributed by atoms with Crippen molar-refractivity contribution in [2.24, 2.45) is 0 Å². The van der Waals surface area contributed by atoms with Gasteiger partial charge in [0.05, 0.1) is 18.4 Å². The zero-order chi connectivity index (χ0) is 11.5.